The number of nitrogens with zero attached hydrogens (tertiary/aromatic N) is 12. The van der Waals surface area contributed by atoms with Crippen molar-refractivity contribution in [1.82, 2.24) is 64.4 Å². The van der Waals surface area contributed by atoms with Crippen molar-refractivity contribution in [2.24, 2.45) is 47.1 Å². The standard InChI is InChI=1S/C24H28N6O4.C20H23N5O3.C20H22N4O3.C5H8BrClO/c1-34-15-7-5-14(6-8-15)30-22-16(20(26-30)23(25)32)9-11-28(24(22)33)21-17-12-27(13-18(17)21)29-10-3-2-4-19(29)31;1-11(26)17-14-7-8-24(18-15-9-23(21)10-16(15)18)20(27)19(14)25(22-17)12-3-5-13(28-2)6-4-12;1-11(25)17-14-7-8-23(18-15-9-21-10-16(15)18)20(26)19(14)24(22-17)12-3-5-13(27-2)6-4-12;6-4-2-1-3-5(7)8/h5-8,17-18,21H,2-4,9-13H2,1H3,(H2,25,32);3-6,15-16,18H,7-10,21H2,1-2H3;3-6,15-16,18,21H,7-10H2,1-2H3;1-4H2. The quantitative estimate of drug-likeness (QED) is 0.0341. The maximum absolute atomic E-state index is 13.7. The Hall–Kier alpha value is -8.34. The van der Waals surface area contributed by atoms with Crippen LogP contribution in [0.4, 0.5) is 0 Å². The zero-order valence-electron chi connectivity index (χ0n) is 55.0. The number of carbonyl (C=O) groups is 8. The molecule has 0 radical (unpaired) electrons. The summed E-state index contributed by atoms with van der Waals surface area (Å²) < 4.78 is 20.5. The van der Waals surface area contributed by atoms with E-state index in [2.05, 4.69) is 41.6 Å². The number of piperidine rings is 4. The molecule has 10 aliphatic rings. The predicted octanol–water partition coefficient (Wildman–Crippen LogP) is 5.34. The molecule has 3 saturated carbocycles. The molecule has 5 amide bonds. The summed E-state index contributed by atoms with van der Waals surface area (Å²) >= 11 is 8.30. The van der Waals surface area contributed by atoms with E-state index in [0.29, 0.717) is 139 Å². The van der Waals surface area contributed by atoms with Crippen LogP contribution in [0.25, 0.3) is 17.1 Å². The molecule has 4 saturated heterocycles. The van der Waals surface area contributed by atoms with Gasteiger partial charge in [-0.15, -0.1) is 0 Å². The number of Topliss-reactive ketones (excluding diaryl/α,β-unsaturated/α-hetero) is 2. The number of aromatic nitrogens is 6. The number of carbonyl (C=O) groups excluding carboxylic acids is 8. The molecule has 28 heteroatoms. The van der Waals surface area contributed by atoms with Gasteiger partial charge in [-0.05, 0) is 153 Å². The minimum absolute atomic E-state index is 0.00790. The number of alkyl halides is 1. The summed E-state index contributed by atoms with van der Waals surface area (Å²) in [5.74, 6) is 10.0. The Morgan fingerprint density at radius 1 is 0.536 bits per heavy atom. The SMILES string of the molecule is COc1ccc(-n2nc(C(C)=O)c3c2C(=O)N(C2C4CN(N)CC42)CC3)cc1.COc1ccc(-n2nc(C(C)=O)c3c2C(=O)N(C2C4CNCC42)CC3)cc1.COc1ccc(-n2nc(C(N)=O)c3c2C(=O)N(C2C4CN(N5CCCCC5=O)CC42)CC3)cc1.O=C(Cl)CCCCBr. The zero-order chi connectivity index (χ0) is 68.2. The molecule has 7 aliphatic heterocycles. The Kier molecular flexibility index (Phi) is 19.3. The van der Waals surface area contributed by atoms with Gasteiger partial charge in [0.1, 0.15) is 45.7 Å². The van der Waals surface area contributed by atoms with Crippen LogP contribution < -0.4 is 31.1 Å². The molecule has 7 fully saturated rings. The van der Waals surface area contributed by atoms with Gasteiger partial charge in [0.05, 0.1) is 38.4 Å². The van der Waals surface area contributed by atoms with Crippen molar-refractivity contribution in [2.75, 3.05) is 92.1 Å². The lowest BCUT2D eigenvalue weighted by Crippen LogP contribution is -2.51. The number of ether oxygens (including phenoxy) is 3. The summed E-state index contributed by atoms with van der Waals surface area (Å²) in [6, 6.07) is 22.7. The summed E-state index contributed by atoms with van der Waals surface area (Å²) in [6.45, 7) is 10.9. The normalized spacial score (nSPS) is 24.8. The number of rotatable bonds is 17. The lowest BCUT2D eigenvalue weighted by Gasteiger charge is -2.37. The number of ketones is 2. The van der Waals surface area contributed by atoms with E-state index in [-0.39, 0.29) is 58.2 Å². The van der Waals surface area contributed by atoms with Gasteiger partial charge in [-0.25, -0.2) is 24.1 Å². The van der Waals surface area contributed by atoms with E-state index in [1.165, 1.54) is 13.8 Å². The second kappa shape index (κ2) is 27.9. The summed E-state index contributed by atoms with van der Waals surface area (Å²) in [4.78, 5) is 105. The van der Waals surface area contributed by atoms with Crippen molar-refractivity contribution >= 4 is 73.9 Å². The van der Waals surface area contributed by atoms with Crippen LogP contribution in [0.15, 0.2) is 72.8 Å². The summed E-state index contributed by atoms with van der Waals surface area (Å²) in [6.07, 6.45) is 6.94. The van der Waals surface area contributed by atoms with Gasteiger partial charge in [-0.2, -0.15) is 15.3 Å². The molecule has 6 atom stereocenters. The van der Waals surface area contributed by atoms with Crippen LogP contribution >= 0.6 is 27.5 Å². The van der Waals surface area contributed by atoms with Crippen molar-refractivity contribution in [2.45, 2.75) is 89.8 Å². The molecule has 6 unspecified atom stereocenters. The van der Waals surface area contributed by atoms with Gasteiger partial charge in [0.25, 0.3) is 23.6 Å². The third kappa shape index (κ3) is 13.0. The van der Waals surface area contributed by atoms with Crippen LogP contribution in [-0.4, -0.2) is 216 Å². The third-order valence-corrected chi connectivity index (χ3v) is 21.6. The molecule has 512 valence electrons. The van der Waals surface area contributed by atoms with E-state index in [1.54, 1.807) is 47.5 Å². The molecular formula is C69H81BrClN15O11. The van der Waals surface area contributed by atoms with Crippen molar-refractivity contribution in [3.8, 4) is 34.3 Å². The van der Waals surface area contributed by atoms with Gasteiger partial charge >= 0.3 is 0 Å². The van der Waals surface area contributed by atoms with Gasteiger partial charge < -0.3 is 40.0 Å². The number of nitrogens with one attached hydrogen (secondary N) is 1. The summed E-state index contributed by atoms with van der Waals surface area (Å²) in [5.41, 5.74) is 12.4. The largest absolute Gasteiger partial charge is 0.497 e. The van der Waals surface area contributed by atoms with Gasteiger partial charge in [0.2, 0.25) is 11.1 Å². The number of amides is 5. The molecule has 3 aromatic carbocycles. The predicted molar refractivity (Wildman–Crippen MR) is 360 cm³/mol. The molecule has 0 bridgehead atoms. The number of hydrazine groups is 2. The van der Waals surface area contributed by atoms with Gasteiger partial charge in [0.15, 0.2) is 17.3 Å². The number of unbranched alkanes of at least 4 members (excludes halogenated alkanes) is 1. The highest BCUT2D eigenvalue weighted by Crippen LogP contribution is 2.52. The lowest BCUT2D eigenvalue weighted by molar-refractivity contribution is -0.152. The second-order valence-electron chi connectivity index (χ2n) is 26.5. The Labute approximate surface area is 574 Å². The van der Waals surface area contributed by atoms with Crippen molar-refractivity contribution in [1.29, 1.82) is 0 Å². The van der Waals surface area contributed by atoms with Crippen LogP contribution in [0, 0.1) is 35.5 Å². The number of methoxy groups -OCH3 is 3. The number of hydrogen-bond acceptors (Lipinski definition) is 18. The minimum atomic E-state index is -0.630. The van der Waals surface area contributed by atoms with Gasteiger partial charge in [-0.3, -0.25) is 49.2 Å². The van der Waals surface area contributed by atoms with Crippen molar-refractivity contribution in [3.63, 3.8) is 0 Å². The molecule has 10 heterocycles. The Balaban J connectivity index is 0.000000125. The number of hydrogen-bond donors (Lipinski definition) is 3. The highest BCUT2D eigenvalue weighted by Gasteiger charge is 2.63. The first-order chi connectivity index (χ1) is 46.8. The van der Waals surface area contributed by atoms with Crippen LogP contribution in [-0.2, 0) is 28.9 Å². The summed E-state index contributed by atoms with van der Waals surface area (Å²) in [7, 11) is 4.81. The maximum Gasteiger partial charge on any atom is 0.273 e. The molecule has 26 nitrogen and oxygen atoms in total. The Morgan fingerprint density at radius 3 is 1.28 bits per heavy atom. The number of nitrogens with two attached hydrogens (primary N) is 2. The highest BCUT2D eigenvalue weighted by molar-refractivity contribution is 9.09. The first-order valence-electron chi connectivity index (χ1n) is 33.4. The molecule has 16 rings (SSSR count). The fourth-order valence-corrected chi connectivity index (χ4v) is 16.4. The average molecular weight is 1410 g/mol. The van der Waals surface area contributed by atoms with Crippen LogP contribution in [0.2, 0.25) is 0 Å². The Bertz CT molecular complexity index is 4030. The zero-order valence-corrected chi connectivity index (χ0v) is 57.4. The van der Waals surface area contributed by atoms with Crippen LogP contribution in [0.3, 0.4) is 0 Å². The smallest absolute Gasteiger partial charge is 0.273 e. The number of halogens is 2. The van der Waals surface area contributed by atoms with Gasteiger partial charge in [-0.1, -0.05) is 15.9 Å². The first-order valence-corrected chi connectivity index (χ1v) is 34.9. The third-order valence-electron chi connectivity index (χ3n) is 20.8. The molecule has 97 heavy (non-hydrogen) atoms. The van der Waals surface area contributed by atoms with Crippen LogP contribution in [0.5, 0.6) is 17.2 Å². The van der Waals surface area contributed by atoms with E-state index in [9.17, 15) is 38.4 Å². The number of fused-ring (bicyclic) bond motifs is 6. The second-order valence-corrected chi connectivity index (χ2v) is 27.7. The van der Waals surface area contributed by atoms with E-state index >= 15 is 0 Å². The molecule has 3 aromatic heterocycles. The van der Waals surface area contributed by atoms with Crippen molar-refractivity contribution in [3.05, 3.63) is 124 Å². The lowest BCUT2D eigenvalue weighted by atomic mass is 10.0. The van der Waals surface area contributed by atoms with Crippen molar-refractivity contribution < 1.29 is 52.6 Å². The first kappa shape index (κ1) is 67.2. The topological polar surface area (TPSA) is 301 Å². The number of benzene rings is 3. The molecule has 0 spiro atoms. The maximum atomic E-state index is 13.7. The minimum Gasteiger partial charge on any atom is -0.497 e. The molecule has 3 aliphatic carbocycles. The fourth-order valence-electron chi connectivity index (χ4n) is 15.9. The van der Waals surface area contributed by atoms with E-state index < -0.39 is 5.91 Å². The van der Waals surface area contributed by atoms with E-state index in [4.69, 9.17) is 37.4 Å². The molecular weight excluding hydrogens is 1330 g/mol. The van der Waals surface area contributed by atoms with Crippen LogP contribution in [0.1, 0.15) is 132 Å². The van der Waals surface area contributed by atoms with E-state index in [0.717, 1.165) is 111 Å². The highest BCUT2D eigenvalue weighted by atomic mass is 79.9. The number of primary amides is 1. The van der Waals surface area contributed by atoms with Gasteiger partial charge in [0, 0.05) is 144 Å². The average Bonchev–Trinajstić information content (AvgIpc) is 1.58. The monoisotopic (exact) mass is 1410 g/mol. The Morgan fingerprint density at radius 2 is 0.918 bits per heavy atom. The van der Waals surface area contributed by atoms with E-state index in [1.807, 2.05) is 85.4 Å². The molecule has 5 N–H and O–H groups in total. The summed E-state index contributed by atoms with van der Waals surface area (Å²) in [5, 5.41) is 23.5. The molecule has 6 aromatic rings. The fraction of sp³-hybridized carbons (Fsp3) is 0.493.